The molecule has 0 atom stereocenters. The Kier molecular flexibility index (Phi) is 2.30. The summed E-state index contributed by atoms with van der Waals surface area (Å²) >= 11 is 0. The van der Waals surface area contributed by atoms with Crippen LogP contribution in [-0.2, 0) is 0 Å². The summed E-state index contributed by atoms with van der Waals surface area (Å²) in [6.45, 7) is 0. The maximum absolute atomic E-state index is 12.6. The summed E-state index contributed by atoms with van der Waals surface area (Å²) < 4.78 is 12.6. The van der Waals surface area contributed by atoms with Crippen LogP contribution in [0.4, 0.5) is 11.4 Å². The van der Waals surface area contributed by atoms with Gasteiger partial charge in [0.1, 0.15) is 11.0 Å². The fourth-order valence-corrected chi connectivity index (χ4v) is 2.79. The number of benzene rings is 3. The van der Waals surface area contributed by atoms with E-state index in [9.17, 15) is 5.21 Å². The molecule has 0 saturated heterocycles. The predicted octanol–water partition coefficient (Wildman–Crippen LogP) is 3.17. The smallest absolute Gasteiger partial charge is 0.264 e. The number of hydrogen-bond donors (Lipinski definition) is 0. The van der Waals surface area contributed by atoms with Gasteiger partial charge in [0, 0.05) is 12.1 Å². The molecule has 2 heterocycles. The fourth-order valence-electron chi connectivity index (χ4n) is 2.79. The molecule has 23 heavy (non-hydrogen) atoms. The highest BCUT2D eigenvalue weighted by Crippen LogP contribution is 2.35. The lowest BCUT2D eigenvalue weighted by atomic mass is 10.2. The van der Waals surface area contributed by atoms with Crippen LogP contribution in [0.25, 0.3) is 0 Å². The van der Waals surface area contributed by atoms with E-state index in [2.05, 4.69) is 4.99 Å². The molecule has 0 spiro atoms. The third-order valence-corrected chi connectivity index (χ3v) is 3.89. The van der Waals surface area contributed by atoms with Gasteiger partial charge in [-0.2, -0.15) is 4.74 Å². The number of ether oxygens (including phenoxy) is 2. The van der Waals surface area contributed by atoms with Gasteiger partial charge in [-0.05, 0) is 18.2 Å². The molecule has 5 rings (SSSR count). The van der Waals surface area contributed by atoms with Gasteiger partial charge in [-0.25, -0.2) is 4.99 Å². The van der Waals surface area contributed by atoms with Crippen molar-refractivity contribution < 1.29 is 9.47 Å². The van der Waals surface area contributed by atoms with Crippen molar-refractivity contribution in [1.29, 1.82) is 0 Å². The van der Waals surface area contributed by atoms with Crippen LogP contribution >= 0.6 is 0 Å². The number of nitrogens with zero attached hydrogens (tertiary/aromatic N) is 2. The van der Waals surface area contributed by atoms with E-state index in [0.29, 0.717) is 39.4 Å². The van der Waals surface area contributed by atoms with Crippen LogP contribution in [0, 0.1) is 5.21 Å². The van der Waals surface area contributed by atoms with Crippen LogP contribution in [0.5, 0.6) is 23.0 Å². The normalized spacial score (nSPS) is 13.5. The maximum Gasteiger partial charge on any atom is 0.264 e. The summed E-state index contributed by atoms with van der Waals surface area (Å²) in [5.74, 6) is 2.23. The van der Waals surface area contributed by atoms with Crippen molar-refractivity contribution in [2.45, 2.75) is 0 Å². The minimum absolute atomic E-state index is 0.414. The van der Waals surface area contributed by atoms with Gasteiger partial charge in [0.15, 0.2) is 17.2 Å². The third kappa shape index (κ3) is 1.73. The van der Waals surface area contributed by atoms with Crippen LogP contribution in [0.3, 0.4) is 0 Å². The summed E-state index contributed by atoms with van der Waals surface area (Å²) in [6, 6.07) is 18.1. The average Bonchev–Trinajstić information content (AvgIpc) is 2.59. The zero-order valence-electron chi connectivity index (χ0n) is 11.9. The summed E-state index contributed by atoms with van der Waals surface area (Å²) in [5.41, 5.74) is 1.24. The molecule has 5 heteroatoms. The Balaban J connectivity index is 1.81. The Hall–Kier alpha value is -3.34. The fraction of sp³-hybridized carbons (Fsp3) is 0. The van der Waals surface area contributed by atoms with Crippen molar-refractivity contribution in [3.05, 3.63) is 76.6 Å². The minimum atomic E-state index is 0.414. The van der Waals surface area contributed by atoms with Crippen LogP contribution in [0.2, 0.25) is 0 Å². The molecule has 0 amide bonds. The topological polar surface area (TPSA) is 56.9 Å². The van der Waals surface area contributed by atoms with Crippen molar-refractivity contribution in [3.63, 3.8) is 0 Å². The largest absolute Gasteiger partial charge is 0.618 e. The third-order valence-electron chi connectivity index (χ3n) is 3.89. The molecule has 3 aromatic rings. The van der Waals surface area contributed by atoms with E-state index in [1.165, 1.54) is 0 Å². The molecule has 110 valence electrons. The van der Waals surface area contributed by atoms with Crippen molar-refractivity contribution in [1.82, 2.24) is 4.74 Å². The van der Waals surface area contributed by atoms with E-state index in [0.717, 1.165) is 10.4 Å². The summed E-state index contributed by atoms with van der Waals surface area (Å²) in [5, 5.41) is 13.7. The van der Waals surface area contributed by atoms with E-state index in [1.807, 2.05) is 30.3 Å². The van der Waals surface area contributed by atoms with Gasteiger partial charge in [0.05, 0.1) is 6.07 Å². The van der Waals surface area contributed by atoms with Crippen LogP contribution in [0.1, 0.15) is 0 Å². The quantitative estimate of drug-likeness (QED) is 0.370. The summed E-state index contributed by atoms with van der Waals surface area (Å²) in [4.78, 5) is 4.57. The standard InChI is InChI=1S/C18H10N2O3/c21-20-13-6-2-4-8-16(13)23-18-9-12-17(10-14(18)20)22-15-7-3-1-5-11(15)19-12/h1-10H. The molecule has 0 saturated carbocycles. The number of hydrogen-bond acceptors (Lipinski definition) is 4. The Morgan fingerprint density at radius 2 is 1.52 bits per heavy atom. The second-order valence-corrected chi connectivity index (χ2v) is 5.33. The summed E-state index contributed by atoms with van der Waals surface area (Å²) in [6.07, 6.45) is 0. The molecular formula is C18H10N2O3. The van der Waals surface area contributed by atoms with Gasteiger partial charge in [-0.15, -0.1) is 0 Å². The lowest BCUT2D eigenvalue weighted by Crippen LogP contribution is -2.28. The zero-order valence-corrected chi connectivity index (χ0v) is 11.9. The zero-order chi connectivity index (χ0) is 15.4. The Labute approximate surface area is 131 Å². The highest BCUT2D eigenvalue weighted by atomic mass is 16.5. The van der Waals surface area contributed by atoms with Crippen molar-refractivity contribution in [2.75, 3.05) is 0 Å². The van der Waals surface area contributed by atoms with Crippen molar-refractivity contribution in [3.8, 4) is 23.0 Å². The lowest BCUT2D eigenvalue weighted by molar-refractivity contribution is 0.443. The lowest BCUT2D eigenvalue weighted by Gasteiger charge is -2.18. The Morgan fingerprint density at radius 1 is 0.783 bits per heavy atom. The second-order valence-electron chi connectivity index (χ2n) is 5.33. The molecule has 3 aromatic carbocycles. The van der Waals surface area contributed by atoms with Gasteiger partial charge >= 0.3 is 0 Å². The van der Waals surface area contributed by atoms with Crippen LogP contribution in [-0.4, -0.2) is 0 Å². The monoisotopic (exact) mass is 302 g/mol. The molecule has 0 radical (unpaired) electrons. The molecule has 0 aliphatic carbocycles. The van der Waals surface area contributed by atoms with Crippen LogP contribution in [0.15, 0.2) is 65.7 Å². The minimum Gasteiger partial charge on any atom is -0.618 e. The van der Waals surface area contributed by atoms with Gasteiger partial charge in [-0.1, -0.05) is 24.3 Å². The highest BCUT2D eigenvalue weighted by molar-refractivity contribution is 5.59. The van der Waals surface area contributed by atoms with Gasteiger partial charge in [0.2, 0.25) is 5.75 Å². The van der Waals surface area contributed by atoms with Crippen molar-refractivity contribution >= 4 is 11.4 Å². The van der Waals surface area contributed by atoms with Crippen LogP contribution < -0.4 is 24.9 Å². The first-order valence-corrected chi connectivity index (χ1v) is 7.20. The summed E-state index contributed by atoms with van der Waals surface area (Å²) in [7, 11) is 0. The molecule has 0 N–H and O–H groups in total. The maximum atomic E-state index is 12.6. The van der Waals surface area contributed by atoms with E-state index in [4.69, 9.17) is 9.47 Å². The van der Waals surface area contributed by atoms with Gasteiger partial charge in [0.25, 0.3) is 11.0 Å². The molecule has 2 aliphatic rings. The number of rotatable bonds is 0. The molecule has 0 aromatic heterocycles. The Morgan fingerprint density at radius 3 is 2.43 bits per heavy atom. The van der Waals surface area contributed by atoms with E-state index in [1.54, 1.807) is 30.3 Å². The number of para-hydroxylation sites is 4. The Bertz CT molecular complexity index is 1090. The predicted molar refractivity (Wildman–Crippen MR) is 84.2 cm³/mol. The first-order chi connectivity index (χ1) is 11.3. The molecule has 2 aliphatic heterocycles. The van der Waals surface area contributed by atoms with E-state index in [-0.39, 0.29) is 0 Å². The van der Waals surface area contributed by atoms with Gasteiger partial charge < -0.3 is 14.7 Å². The molecule has 0 fully saturated rings. The average molecular weight is 302 g/mol. The SMILES string of the molecule is [O-][N+]1=c2cc3c(cc2Oc2ccccc21)=Nc1ccccc1O3. The molecule has 5 nitrogen and oxygen atoms in total. The van der Waals surface area contributed by atoms with Crippen molar-refractivity contribution in [2.24, 2.45) is 4.99 Å². The first kappa shape index (κ1) is 12.2. The van der Waals surface area contributed by atoms with Gasteiger partial charge in [-0.3, -0.25) is 0 Å². The molecular weight excluding hydrogens is 292 g/mol. The second kappa shape index (κ2) is 4.33. The molecule has 0 bridgehead atoms. The van der Waals surface area contributed by atoms with E-state index >= 15 is 0 Å². The first-order valence-electron chi connectivity index (χ1n) is 7.20. The highest BCUT2D eigenvalue weighted by Gasteiger charge is 2.24. The van der Waals surface area contributed by atoms with E-state index < -0.39 is 0 Å². The molecule has 0 unspecified atom stereocenters. The number of fused-ring (bicyclic) bond motifs is 4.